The second-order valence-electron chi connectivity index (χ2n) is 5.13. The van der Waals surface area contributed by atoms with Crippen molar-refractivity contribution < 1.29 is 4.74 Å². The maximum atomic E-state index is 6.18. The Morgan fingerprint density at radius 3 is 2.88 bits per heavy atom. The molecule has 0 aromatic heterocycles. The fraction of sp³-hybridized carbons (Fsp3) is 0.538. The van der Waals surface area contributed by atoms with E-state index < -0.39 is 0 Å². The van der Waals surface area contributed by atoms with Crippen LogP contribution in [0.1, 0.15) is 19.4 Å². The first-order valence-corrected chi connectivity index (χ1v) is 6.25. The second kappa shape index (κ2) is 4.84. The summed E-state index contributed by atoms with van der Waals surface area (Å²) in [6.45, 7) is 7.59. The molecule has 2 rings (SSSR count). The first-order chi connectivity index (χ1) is 7.98. The second-order valence-corrected chi connectivity index (χ2v) is 5.53. The van der Waals surface area contributed by atoms with Gasteiger partial charge < -0.3 is 10.5 Å². The van der Waals surface area contributed by atoms with Gasteiger partial charge in [0, 0.05) is 35.9 Å². The Hall–Kier alpha value is -0.770. The number of anilines is 1. The third-order valence-corrected chi connectivity index (χ3v) is 3.40. The van der Waals surface area contributed by atoms with E-state index in [1.807, 2.05) is 18.2 Å². The molecular weight excluding hydrogens is 236 g/mol. The standard InChI is InChI=1S/C13H19ClN2O/c1-13(2)9-16(6-7-17-13)8-10-11(14)4-3-5-12(10)15/h3-5H,6-9,15H2,1-2H3. The Bertz CT molecular complexity index is 386. The summed E-state index contributed by atoms with van der Waals surface area (Å²) in [5.41, 5.74) is 7.66. The van der Waals surface area contributed by atoms with Gasteiger partial charge in [0.2, 0.25) is 0 Å². The van der Waals surface area contributed by atoms with E-state index in [0.717, 1.165) is 42.5 Å². The summed E-state index contributed by atoms with van der Waals surface area (Å²) in [4.78, 5) is 2.33. The number of nitrogens with zero attached hydrogens (tertiary/aromatic N) is 1. The summed E-state index contributed by atoms with van der Waals surface area (Å²) in [5, 5.41) is 0.745. The zero-order valence-corrected chi connectivity index (χ0v) is 11.1. The van der Waals surface area contributed by atoms with Gasteiger partial charge in [-0.25, -0.2) is 0 Å². The third kappa shape index (κ3) is 3.12. The van der Waals surface area contributed by atoms with Crippen molar-refractivity contribution in [3.63, 3.8) is 0 Å². The van der Waals surface area contributed by atoms with Crippen LogP contribution in [-0.2, 0) is 11.3 Å². The van der Waals surface area contributed by atoms with Crippen LogP contribution >= 0.6 is 11.6 Å². The van der Waals surface area contributed by atoms with Crippen LogP contribution in [0.15, 0.2) is 18.2 Å². The molecule has 3 nitrogen and oxygen atoms in total. The van der Waals surface area contributed by atoms with Gasteiger partial charge in [-0.1, -0.05) is 17.7 Å². The molecule has 94 valence electrons. The molecular formula is C13H19ClN2O. The minimum Gasteiger partial charge on any atom is -0.398 e. The fourth-order valence-corrected chi connectivity index (χ4v) is 2.46. The lowest BCUT2D eigenvalue weighted by atomic mass is 10.1. The zero-order chi connectivity index (χ0) is 12.5. The monoisotopic (exact) mass is 254 g/mol. The Kier molecular flexibility index (Phi) is 3.61. The summed E-state index contributed by atoms with van der Waals surface area (Å²) in [7, 11) is 0. The van der Waals surface area contributed by atoms with Crippen LogP contribution < -0.4 is 5.73 Å². The first-order valence-electron chi connectivity index (χ1n) is 5.87. The highest BCUT2D eigenvalue weighted by Crippen LogP contribution is 2.25. The van der Waals surface area contributed by atoms with Crippen LogP contribution in [0.4, 0.5) is 5.69 Å². The number of nitrogens with two attached hydrogens (primary N) is 1. The summed E-state index contributed by atoms with van der Waals surface area (Å²) in [6, 6.07) is 5.66. The minimum atomic E-state index is -0.0890. The summed E-state index contributed by atoms with van der Waals surface area (Å²) >= 11 is 6.18. The van der Waals surface area contributed by atoms with Crippen LogP contribution in [0, 0.1) is 0 Å². The van der Waals surface area contributed by atoms with Crippen molar-refractivity contribution in [3.8, 4) is 0 Å². The van der Waals surface area contributed by atoms with Crippen molar-refractivity contribution in [3.05, 3.63) is 28.8 Å². The summed E-state index contributed by atoms with van der Waals surface area (Å²) in [6.07, 6.45) is 0. The quantitative estimate of drug-likeness (QED) is 0.825. The van der Waals surface area contributed by atoms with E-state index in [2.05, 4.69) is 18.7 Å². The molecule has 1 saturated heterocycles. The van der Waals surface area contributed by atoms with Crippen LogP contribution in [-0.4, -0.2) is 30.2 Å². The maximum absolute atomic E-state index is 6.18. The lowest BCUT2D eigenvalue weighted by Gasteiger charge is -2.38. The Labute approximate surface area is 107 Å². The number of nitrogen functional groups attached to an aromatic ring is 1. The predicted octanol–water partition coefficient (Wildman–Crippen LogP) is 2.53. The number of halogens is 1. The number of benzene rings is 1. The smallest absolute Gasteiger partial charge is 0.0753 e. The van der Waals surface area contributed by atoms with Crippen molar-refractivity contribution in [1.29, 1.82) is 0 Å². The molecule has 0 amide bonds. The third-order valence-electron chi connectivity index (χ3n) is 3.04. The molecule has 4 heteroatoms. The van der Waals surface area contributed by atoms with Gasteiger partial charge in [-0.05, 0) is 26.0 Å². The lowest BCUT2D eigenvalue weighted by Crippen LogP contribution is -2.47. The summed E-state index contributed by atoms with van der Waals surface area (Å²) < 4.78 is 5.69. The highest BCUT2D eigenvalue weighted by Gasteiger charge is 2.27. The van der Waals surface area contributed by atoms with Crippen molar-refractivity contribution in [1.82, 2.24) is 4.90 Å². The maximum Gasteiger partial charge on any atom is 0.0753 e. The van der Waals surface area contributed by atoms with Crippen LogP contribution in [0.5, 0.6) is 0 Å². The van der Waals surface area contributed by atoms with Crippen molar-refractivity contribution in [2.75, 3.05) is 25.4 Å². The predicted molar refractivity (Wildman–Crippen MR) is 71.2 cm³/mol. The molecule has 0 saturated carbocycles. The van der Waals surface area contributed by atoms with E-state index in [1.54, 1.807) is 0 Å². The van der Waals surface area contributed by atoms with Gasteiger partial charge in [0.25, 0.3) is 0 Å². The topological polar surface area (TPSA) is 38.5 Å². The van der Waals surface area contributed by atoms with Gasteiger partial charge in [0.1, 0.15) is 0 Å². The molecule has 0 bridgehead atoms. The number of hydrogen-bond donors (Lipinski definition) is 1. The molecule has 1 aliphatic rings. The van der Waals surface area contributed by atoms with Gasteiger partial charge in [-0.2, -0.15) is 0 Å². The van der Waals surface area contributed by atoms with E-state index >= 15 is 0 Å². The molecule has 2 N–H and O–H groups in total. The van der Waals surface area contributed by atoms with Gasteiger partial charge in [-0.15, -0.1) is 0 Å². The Morgan fingerprint density at radius 1 is 1.47 bits per heavy atom. The Morgan fingerprint density at radius 2 is 2.24 bits per heavy atom. The van der Waals surface area contributed by atoms with Crippen molar-refractivity contribution in [2.24, 2.45) is 0 Å². The fourth-order valence-electron chi connectivity index (χ4n) is 2.21. The number of morpholine rings is 1. The molecule has 1 aromatic carbocycles. The molecule has 17 heavy (non-hydrogen) atoms. The molecule has 0 radical (unpaired) electrons. The highest BCUT2D eigenvalue weighted by molar-refractivity contribution is 6.31. The average molecular weight is 255 g/mol. The van der Waals surface area contributed by atoms with Gasteiger partial charge >= 0.3 is 0 Å². The molecule has 0 spiro atoms. The van der Waals surface area contributed by atoms with Crippen molar-refractivity contribution >= 4 is 17.3 Å². The highest BCUT2D eigenvalue weighted by atomic mass is 35.5. The number of ether oxygens (including phenoxy) is 1. The first kappa shape index (κ1) is 12.7. The normalized spacial score (nSPS) is 20.4. The zero-order valence-electron chi connectivity index (χ0n) is 10.4. The van der Waals surface area contributed by atoms with E-state index in [0.29, 0.717) is 0 Å². The number of rotatable bonds is 2. The van der Waals surface area contributed by atoms with Gasteiger partial charge in [0.15, 0.2) is 0 Å². The SMILES string of the molecule is CC1(C)CN(Cc2c(N)cccc2Cl)CCO1. The van der Waals surface area contributed by atoms with Crippen LogP contribution in [0.2, 0.25) is 5.02 Å². The molecule has 1 aromatic rings. The molecule has 1 aliphatic heterocycles. The lowest BCUT2D eigenvalue weighted by molar-refractivity contribution is -0.0882. The number of hydrogen-bond acceptors (Lipinski definition) is 3. The minimum absolute atomic E-state index is 0.0890. The van der Waals surface area contributed by atoms with Crippen molar-refractivity contribution in [2.45, 2.75) is 26.0 Å². The molecule has 0 atom stereocenters. The van der Waals surface area contributed by atoms with Gasteiger partial charge in [-0.3, -0.25) is 4.90 Å². The Balaban J connectivity index is 2.10. The molecule has 0 unspecified atom stereocenters. The van der Waals surface area contributed by atoms with E-state index in [1.165, 1.54) is 0 Å². The van der Waals surface area contributed by atoms with Crippen LogP contribution in [0.3, 0.4) is 0 Å². The molecule has 1 fully saturated rings. The van der Waals surface area contributed by atoms with E-state index in [-0.39, 0.29) is 5.60 Å². The van der Waals surface area contributed by atoms with E-state index in [9.17, 15) is 0 Å². The van der Waals surface area contributed by atoms with Crippen LogP contribution in [0.25, 0.3) is 0 Å². The largest absolute Gasteiger partial charge is 0.398 e. The molecule has 0 aliphatic carbocycles. The van der Waals surface area contributed by atoms with Gasteiger partial charge in [0.05, 0.1) is 12.2 Å². The van der Waals surface area contributed by atoms with E-state index in [4.69, 9.17) is 22.1 Å². The molecule has 1 heterocycles. The average Bonchev–Trinajstić information content (AvgIpc) is 2.22. The summed E-state index contributed by atoms with van der Waals surface area (Å²) in [5.74, 6) is 0.